The second kappa shape index (κ2) is 17.3. The number of carbonyl (C=O) groups excluding carboxylic acids is 1. The zero-order valence-electron chi connectivity index (χ0n) is 16.1. The molecule has 0 saturated heterocycles. The molecular weight excluding hydrogens is 419 g/mol. The maximum absolute atomic E-state index is 12.2. The fourth-order valence-corrected chi connectivity index (χ4v) is 2.12. The van der Waals surface area contributed by atoms with E-state index in [-0.39, 0.29) is 29.9 Å². The van der Waals surface area contributed by atoms with Crippen molar-refractivity contribution >= 4 is 35.8 Å². The van der Waals surface area contributed by atoms with E-state index in [4.69, 9.17) is 4.74 Å². The van der Waals surface area contributed by atoms with Gasteiger partial charge in [0, 0.05) is 46.4 Å². The van der Waals surface area contributed by atoms with Crippen molar-refractivity contribution in [3.8, 4) is 0 Å². The molecule has 0 aliphatic carbocycles. The van der Waals surface area contributed by atoms with Crippen molar-refractivity contribution in [2.45, 2.75) is 47.0 Å². The molecule has 0 aliphatic heterocycles. The number of amides is 1. The summed E-state index contributed by atoms with van der Waals surface area (Å²) in [6, 6.07) is 0. The second-order valence-electron chi connectivity index (χ2n) is 5.48. The van der Waals surface area contributed by atoms with Gasteiger partial charge in [-0.05, 0) is 33.6 Å². The summed E-state index contributed by atoms with van der Waals surface area (Å²) in [6.45, 7) is 13.1. The van der Waals surface area contributed by atoms with E-state index in [1.54, 1.807) is 0 Å². The summed E-state index contributed by atoms with van der Waals surface area (Å²) in [5.41, 5.74) is 0. The molecule has 144 valence electrons. The summed E-state index contributed by atoms with van der Waals surface area (Å²) in [6.07, 6.45) is 3.17. The van der Waals surface area contributed by atoms with Gasteiger partial charge in [-0.1, -0.05) is 13.3 Å². The number of unbranched alkanes of at least 4 members (excludes halogenated alkanes) is 1. The first-order valence-electron chi connectivity index (χ1n) is 8.95. The van der Waals surface area contributed by atoms with E-state index in [1.165, 1.54) is 0 Å². The molecule has 0 atom stereocenters. The van der Waals surface area contributed by atoms with Crippen molar-refractivity contribution in [2.75, 3.05) is 53.0 Å². The monoisotopic (exact) mass is 456 g/mol. The lowest BCUT2D eigenvalue weighted by Crippen LogP contribution is -2.45. The minimum atomic E-state index is 0. The van der Waals surface area contributed by atoms with Crippen molar-refractivity contribution in [3.63, 3.8) is 0 Å². The van der Waals surface area contributed by atoms with Gasteiger partial charge in [0.05, 0.1) is 6.54 Å². The van der Waals surface area contributed by atoms with Crippen LogP contribution in [0.25, 0.3) is 0 Å². The predicted octanol–water partition coefficient (Wildman–Crippen LogP) is 2.58. The molecule has 1 amide bonds. The molecule has 0 radical (unpaired) electrons. The summed E-state index contributed by atoms with van der Waals surface area (Å²) < 4.78 is 5.54. The zero-order valence-corrected chi connectivity index (χ0v) is 18.5. The van der Waals surface area contributed by atoms with Gasteiger partial charge in [-0.15, -0.1) is 24.0 Å². The standard InChI is InChI=1S/C17H36N4O2.HI/c1-6-10-13-23-14-11-12-19-17(18-7-2)20(5)15-16(22)21(8-3)9-4;/h6-15H2,1-5H3,(H,18,19);1H. The number of halogens is 1. The fraction of sp³-hybridized carbons (Fsp3) is 0.882. The lowest BCUT2D eigenvalue weighted by atomic mass is 10.4. The van der Waals surface area contributed by atoms with Crippen LogP contribution in [0.15, 0.2) is 4.99 Å². The maximum Gasteiger partial charge on any atom is 0.242 e. The Morgan fingerprint density at radius 1 is 1.08 bits per heavy atom. The number of nitrogens with zero attached hydrogens (tertiary/aromatic N) is 3. The van der Waals surface area contributed by atoms with Gasteiger partial charge in [0.15, 0.2) is 5.96 Å². The summed E-state index contributed by atoms with van der Waals surface area (Å²) in [4.78, 5) is 20.5. The number of hydrogen-bond donors (Lipinski definition) is 1. The van der Waals surface area contributed by atoms with Crippen LogP contribution in [0, 0.1) is 0 Å². The van der Waals surface area contributed by atoms with E-state index in [0.717, 1.165) is 58.1 Å². The van der Waals surface area contributed by atoms with Crippen molar-refractivity contribution in [2.24, 2.45) is 4.99 Å². The molecule has 0 aliphatic rings. The van der Waals surface area contributed by atoms with Gasteiger partial charge >= 0.3 is 0 Å². The second-order valence-corrected chi connectivity index (χ2v) is 5.48. The number of guanidine groups is 1. The van der Waals surface area contributed by atoms with Crippen LogP contribution in [0.4, 0.5) is 0 Å². The van der Waals surface area contributed by atoms with E-state index >= 15 is 0 Å². The topological polar surface area (TPSA) is 57.2 Å². The molecule has 6 nitrogen and oxygen atoms in total. The average molecular weight is 456 g/mol. The van der Waals surface area contributed by atoms with Crippen LogP contribution in [0.3, 0.4) is 0 Å². The Kier molecular flexibility index (Phi) is 18.5. The van der Waals surface area contributed by atoms with Gasteiger partial charge in [0.1, 0.15) is 0 Å². The van der Waals surface area contributed by atoms with Crippen molar-refractivity contribution in [3.05, 3.63) is 0 Å². The number of nitrogens with one attached hydrogen (secondary N) is 1. The van der Waals surface area contributed by atoms with E-state index < -0.39 is 0 Å². The van der Waals surface area contributed by atoms with Gasteiger partial charge < -0.3 is 19.9 Å². The first kappa shape index (κ1) is 25.7. The van der Waals surface area contributed by atoms with Crippen LogP contribution in [0.1, 0.15) is 47.0 Å². The summed E-state index contributed by atoms with van der Waals surface area (Å²) in [5.74, 6) is 0.910. The smallest absolute Gasteiger partial charge is 0.242 e. The number of rotatable bonds is 12. The lowest BCUT2D eigenvalue weighted by Gasteiger charge is -2.25. The maximum atomic E-state index is 12.2. The molecule has 0 bridgehead atoms. The first-order valence-corrected chi connectivity index (χ1v) is 8.95. The van der Waals surface area contributed by atoms with Gasteiger partial charge in [-0.25, -0.2) is 0 Å². The van der Waals surface area contributed by atoms with E-state index in [1.807, 2.05) is 37.6 Å². The predicted molar refractivity (Wildman–Crippen MR) is 112 cm³/mol. The molecular formula is C17H37IN4O2. The third kappa shape index (κ3) is 11.9. The highest BCUT2D eigenvalue weighted by Crippen LogP contribution is 1.95. The van der Waals surface area contributed by atoms with Crippen molar-refractivity contribution < 1.29 is 9.53 Å². The summed E-state index contributed by atoms with van der Waals surface area (Å²) in [7, 11) is 1.90. The fourth-order valence-electron chi connectivity index (χ4n) is 2.12. The van der Waals surface area contributed by atoms with Crippen LogP contribution < -0.4 is 5.32 Å². The largest absolute Gasteiger partial charge is 0.381 e. The van der Waals surface area contributed by atoms with E-state index in [2.05, 4.69) is 17.2 Å². The quantitative estimate of drug-likeness (QED) is 0.212. The van der Waals surface area contributed by atoms with Gasteiger partial charge in [0.25, 0.3) is 0 Å². The molecule has 0 aromatic heterocycles. The Morgan fingerprint density at radius 2 is 1.71 bits per heavy atom. The molecule has 0 rings (SSSR count). The first-order chi connectivity index (χ1) is 11.1. The number of aliphatic imine (C=N–C) groups is 1. The van der Waals surface area contributed by atoms with Gasteiger partial charge in [-0.3, -0.25) is 9.79 Å². The number of ether oxygens (including phenoxy) is 1. The minimum absolute atomic E-state index is 0. The van der Waals surface area contributed by atoms with Crippen LogP contribution in [-0.2, 0) is 9.53 Å². The van der Waals surface area contributed by atoms with E-state index in [0.29, 0.717) is 13.1 Å². The normalized spacial score (nSPS) is 11.0. The zero-order chi connectivity index (χ0) is 17.5. The highest BCUT2D eigenvalue weighted by Gasteiger charge is 2.14. The summed E-state index contributed by atoms with van der Waals surface area (Å²) in [5, 5.41) is 3.24. The highest BCUT2D eigenvalue weighted by atomic mass is 127. The molecule has 0 saturated carbocycles. The van der Waals surface area contributed by atoms with Crippen LogP contribution in [0.5, 0.6) is 0 Å². The van der Waals surface area contributed by atoms with E-state index in [9.17, 15) is 4.79 Å². The van der Waals surface area contributed by atoms with Crippen LogP contribution in [0.2, 0.25) is 0 Å². The number of hydrogen-bond acceptors (Lipinski definition) is 3. The van der Waals surface area contributed by atoms with Crippen molar-refractivity contribution in [1.82, 2.24) is 15.1 Å². The molecule has 24 heavy (non-hydrogen) atoms. The molecule has 0 aromatic rings. The van der Waals surface area contributed by atoms with Crippen LogP contribution >= 0.6 is 24.0 Å². The highest BCUT2D eigenvalue weighted by molar-refractivity contribution is 14.0. The molecule has 0 heterocycles. The number of likely N-dealkylation sites (N-methyl/N-ethyl adjacent to an activating group) is 2. The van der Waals surface area contributed by atoms with Crippen molar-refractivity contribution in [1.29, 1.82) is 0 Å². The SMILES string of the molecule is CCCCOCCCN=C(NCC)N(C)CC(=O)N(CC)CC.I. The Morgan fingerprint density at radius 3 is 2.25 bits per heavy atom. The third-order valence-electron chi connectivity index (χ3n) is 3.54. The Hall–Kier alpha value is -0.570. The molecule has 7 heteroatoms. The van der Waals surface area contributed by atoms with Gasteiger partial charge in [0.2, 0.25) is 5.91 Å². The molecule has 0 aromatic carbocycles. The van der Waals surface area contributed by atoms with Gasteiger partial charge in [-0.2, -0.15) is 0 Å². The third-order valence-corrected chi connectivity index (χ3v) is 3.54. The molecule has 0 spiro atoms. The Bertz CT molecular complexity index is 337. The molecule has 1 N–H and O–H groups in total. The Labute approximate surface area is 165 Å². The van der Waals surface area contributed by atoms with Crippen LogP contribution in [-0.4, -0.2) is 74.7 Å². The molecule has 0 unspecified atom stereocenters. The lowest BCUT2D eigenvalue weighted by molar-refractivity contribution is -0.131. The average Bonchev–Trinajstić information content (AvgIpc) is 2.54. The summed E-state index contributed by atoms with van der Waals surface area (Å²) >= 11 is 0. The minimum Gasteiger partial charge on any atom is -0.381 e. The Balaban J connectivity index is 0. The number of carbonyl (C=O) groups is 1. The molecule has 0 fully saturated rings.